The van der Waals surface area contributed by atoms with Crippen molar-refractivity contribution in [2.45, 2.75) is 19.5 Å². The van der Waals surface area contributed by atoms with Crippen LogP contribution in [0.25, 0.3) is 11.4 Å². The van der Waals surface area contributed by atoms with E-state index in [0.717, 1.165) is 35.7 Å². The quantitative estimate of drug-likeness (QED) is 0.772. The molecule has 6 nitrogen and oxygen atoms in total. The normalized spacial score (nSPS) is 14.6. The third kappa shape index (κ3) is 2.80. The van der Waals surface area contributed by atoms with Crippen molar-refractivity contribution in [2.75, 3.05) is 6.54 Å². The first-order chi connectivity index (χ1) is 11.3. The fourth-order valence-electron chi connectivity index (χ4n) is 2.96. The van der Waals surface area contributed by atoms with Crippen LogP contribution in [0.4, 0.5) is 0 Å². The molecule has 1 aromatic carbocycles. The molecule has 2 N–H and O–H groups in total. The van der Waals surface area contributed by atoms with E-state index in [4.69, 9.17) is 4.98 Å². The van der Waals surface area contributed by atoms with E-state index in [2.05, 4.69) is 19.9 Å². The Bertz CT molecular complexity index is 854. The Kier molecular flexibility index (Phi) is 3.51. The molecule has 116 valence electrons. The summed E-state index contributed by atoms with van der Waals surface area (Å²) in [6.07, 6.45) is 4.29. The summed E-state index contributed by atoms with van der Waals surface area (Å²) in [7, 11) is 0. The van der Waals surface area contributed by atoms with Gasteiger partial charge < -0.3 is 9.97 Å². The molecule has 23 heavy (non-hydrogen) atoms. The molecule has 0 spiro atoms. The van der Waals surface area contributed by atoms with Crippen LogP contribution in [0.2, 0.25) is 0 Å². The number of aromatic nitrogens is 4. The van der Waals surface area contributed by atoms with Gasteiger partial charge in [-0.3, -0.25) is 9.69 Å². The minimum absolute atomic E-state index is 0.0218. The van der Waals surface area contributed by atoms with Crippen molar-refractivity contribution in [3.8, 4) is 11.4 Å². The highest BCUT2D eigenvalue weighted by Gasteiger charge is 2.21. The molecule has 0 atom stereocenters. The number of rotatable bonds is 3. The van der Waals surface area contributed by atoms with Crippen LogP contribution in [-0.4, -0.2) is 31.4 Å². The molecule has 6 heteroatoms. The summed E-state index contributed by atoms with van der Waals surface area (Å²) in [4.78, 5) is 29.6. The Balaban J connectivity index is 1.64. The van der Waals surface area contributed by atoms with E-state index in [1.54, 1.807) is 6.20 Å². The number of nitrogens with one attached hydrogen (secondary N) is 2. The third-order valence-corrected chi connectivity index (χ3v) is 4.13. The van der Waals surface area contributed by atoms with Crippen LogP contribution in [0.5, 0.6) is 0 Å². The van der Waals surface area contributed by atoms with Crippen molar-refractivity contribution in [2.24, 2.45) is 0 Å². The van der Waals surface area contributed by atoms with E-state index in [1.807, 2.05) is 36.5 Å². The zero-order chi connectivity index (χ0) is 15.6. The number of H-pyrrole nitrogens is 2. The van der Waals surface area contributed by atoms with Crippen molar-refractivity contribution in [1.82, 2.24) is 24.8 Å². The van der Waals surface area contributed by atoms with Gasteiger partial charge >= 0.3 is 0 Å². The summed E-state index contributed by atoms with van der Waals surface area (Å²) in [6, 6.07) is 9.74. The second kappa shape index (κ2) is 5.81. The SMILES string of the molecule is O=c1[nH]c(-c2ccccc2)nc2c1CCN(Cc1ncc[nH]1)C2. The average molecular weight is 307 g/mol. The summed E-state index contributed by atoms with van der Waals surface area (Å²) >= 11 is 0. The number of benzene rings is 1. The Morgan fingerprint density at radius 3 is 2.87 bits per heavy atom. The molecule has 3 heterocycles. The third-order valence-electron chi connectivity index (χ3n) is 4.13. The number of imidazole rings is 1. The van der Waals surface area contributed by atoms with Gasteiger partial charge in [0.1, 0.15) is 11.6 Å². The molecular weight excluding hydrogens is 290 g/mol. The molecule has 3 aromatic rings. The molecule has 0 fully saturated rings. The summed E-state index contributed by atoms with van der Waals surface area (Å²) in [6.45, 7) is 2.24. The maximum Gasteiger partial charge on any atom is 0.254 e. The fraction of sp³-hybridized carbons (Fsp3) is 0.235. The monoisotopic (exact) mass is 307 g/mol. The van der Waals surface area contributed by atoms with Crippen molar-refractivity contribution in [1.29, 1.82) is 0 Å². The summed E-state index contributed by atoms with van der Waals surface area (Å²) in [5.41, 5.74) is 2.58. The van der Waals surface area contributed by atoms with Crippen LogP contribution >= 0.6 is 0 Å². The van der Waals surface area contributed by atoms with E-state index in [9.17, 15) is 4.79 Å². The summed E-state index contributed by atoms with van der Waals surface area (Å²) in [5, 5.41) is 0. The molecule has 0 amide bonds. The van der Waals surface area contributed by atoms with Crippen molar-refractivity contribution in [3.63, 3.8) is 0 Å². The molecule has 1 aliphatic heterocycles. The van der Waals surface area contributed by atoms with E-state index < -0.39 is 0 Å². The van der Waals surface area contributed by atoms with Crippen LogP contribution in [0, 0.1) is 0 Å². The van der Waals surface area contributed by atoms with Gasteiger partial charge in [-0.15, -0.1) is 0 Å². The van der Waals surface area contributed by atoms with Crippen molar-refractivity contribution < 1.29 is 0 Å². The van der Waals surface area contributed by atoms with Gasteiger partial charge in [-0.2, -0.15) is 0 Å². The molecular formula is C17H17N5O. The molecule has 0 unspecified atom stereocenters. The minimum Gasteiger partial charge on any atom is -0.348 e. The van der Waals surface area contributed by atoms with Crippen molar-refractivity contribution >= 4 is 0 Å². The molecule has 0 saturated heterocycles. The Hall–Kier alpha value is -2.73. The van der Waals surface area contributed by atoms with E-state index in [1.165, 1.54) is 0 Å². The van der Waals surface area contributed by atoms with Crippen LogP contribution in [0.3, 0.4) is 0 Å². The van der Waals surface area contributed by atoms with Crippen LogP contribution < -0.4 is 5.56 Å². The lowest BCUT2D eigenvalue weighted by Crippen LogP contribution is -2.35. The van der Waals surface area contributed by atoms with E-state index in [-0.39, 0.29) is 5.56 Å². The van der Waals surface area contributed by atoms with Gasteiger partial charge in [-0.05, 0) is 6.42 Å². The standard InChI is InChI=1S/C17H17N5O/c23-17-13-6-9-22(11-15-18-7-8-19-15)10-14(13)20-16(21-17)12-4-2-1-3-5-12/h1-5,7-8H,6,9-11H2,(H,18,19)(H,20,21,23). The predicted molar refractivity (Wildman–Crippen MR) is 86.7 cm³/mol. The van der Waals surface area contributed by atoms with Gasteiger partial charge in [0.25, 0.3) is 5.56 Å². The molecule has 4 rings (SSSR count). The molecule has 0 bridgehead atoms. The highest BCUT2D eigenvalue weighted by Crippen LogP contribution is 2.19. The van der Waals surface area contributed by atoms with Gasteiger partial charge in [-0.25, -0.2) is 9.97 Å². The maximum absolute atomic E-state index is 12.3. The second-order valence-electron chi connectivity index (χ2n) is 5.70. The highest BCUT2D eigenvalue weighted by atomic mass is 16.1. The smallest absolute Gasteiger partial charge is 0.254 e. The lowest BCUT2D eigenvalue weighted by atomic mass is 10.1. The number of aromatic amines is 2. The van der Waals surface area contributed by atoms with Gasteiger partial charge in [0.15, 0.2) is 0 Å². The maximum atomic E-state index is 12.3. The lowest BCUT2D eigenvalue weighted by Gasteiger charge is -2.26. The van der Waals surface area contributed by atoms with Crippen molar-refractivity contribution in [3.05, 3.63) is 70.2 Å². The topological polar surface area (TPSA) is 77.7 Å². The summed E-state index contributed by atoms with van der Waals surface area (Å²) in [5.74, 6) is 1.57. The number of fused-ring (bicyclic) bond motifs is 1. The number of hydrogen-bond acceptors (Lipinski definition) is 4. The largest absolute Gasteiger partial charge is 0.348 e. The van der Waals surface area contributed by atoms with Gasteiger partial charge in [0.05, 0.1) is 12.2 Å². The lowest BCUT2D eigenvalue weighted by molar-refractivity contribution is 0.235. The minimum atomic E-state index is -0.0218. The molecule has 0 aliphatic carbocycles. The highest BCUT2D eigenvalue weighted by molar-refractivity contribution is 5.54. The van der Waals surface area contributed by atoms with Crippen LogP contribution in [0.15, 0.2) is 47.5 Å². The molecule has 1 aliphatic rings. The van der Waals surface area contributed by atoms with Crippen LogP contribution in [0.1, 0.15) is 17.1 Å². The zero-order valence-corrected chi connectivity index (χ0v) is 12.6. The molecule has 2 aromatic heterocycles. The Morgan fingerprint density at radius 1 is 1.22 bits per heavy atom. The summed E-state index contributed by atoms with van der Waals surface area (Å²) < 4.78 is 0. The first-order valence-corrected chi connectivity index (χ1v) is 7.68. The Morgan fingerprint density at radius 2 is 2.09 bits per heavy atom. The first-order valence-electron chi connectivity index (χ1n) is 7.68. The average Bonchev–Trinajstić information content (AvgIpc) is 3.08. The number of nitrogens with zero attached hydrogens (tertiary/aromatic N) is 3. The molecule has 0 radical (unpaired) electrons. The first kappa shape index (κ1) is 13.9. The fourth-order valence-corrected chi connectivity index (χ4v) is 2.96. The van der Waals surface area contributed by atoms with Gasteiger partial charge in [0.2, 0.25) is 0 Å². The predicted octanol–water partition coefficient (Wildman–Crippen LogP) is 1.72. The van der Waals surface area contributed by atoms with E-state index in [0.29, 0.717) is 18.8 Å². The van der Waals surface area contributed by atoms with Gasteiger partial charge in [0, 0.05) is 36.6 Å². The Labute approximate surface area is 133 Å². The molecule has 0 saturated carbocycles. The van der Waals surface area contributed by atoms with Gasteiger partial charge in [-0.1, -0.05) is 30.3 Å². The van der Waals surface area contributed by atoms with E-state index >= 15 is 0 Å². The zero-order valence-electron chi connectivity index (χ0n) is 12.6. The number of hydrogen-bond donors (Lipinski definition) is 2. The van der Waals surface area contributed by atoms with Crippen LogP contribution in [-0.2, 0) is 19.5 Å². The second-order valence-corrected chi connectivity index (χ2v) is 5.70.